The van der Waals surface area contributed by atoms with Crippen LogP contribution in [0.4, 0.5) is 5.13 Å². The topological polar surface area (TPSA) is 97.4 Å². The number of anilines is 1. The molecule has 1 aromatic heterocycles. The molecule has 0 atom stereocenters. The molecule has 0 bridgehead atoms. The molecule has 0 radical (unpaired) electrons. The molecule has 8 heteroatoms. The van der Waals surface area contributed by atoms with Crippen molar-refractivity contribution in [3.8, 4) is 0 Å². The SMILES string of the molecule is Cc1nc(NC(=O)CNC(=O)c2ccccc2)sc1C(=O)OC(C)C. The fraction of sp³-hybridized carbons (Fsp3) is 0.294. The van der Waals surface area contributed by atoms with Gasteiger partial charge in [-0.05, 0) is 32.9 Å². The Labute approximate surface area is 149 Å². The third-order valence-electron chi connectivity index (χ3n) is 3.02. The van der Waals surface area contributed by atoms with E-state index in [0.717, 1.165) is 11.3 Å². The van der Waals surface area contributed by atoms with E-state index >= 15 is 0 Å². The zero-order valence-corrected chi connectivity index (χ0v) is 15.0. The lowest BCUT2D eigenvalue weighted by Crippen LogP contribution is -2.32. The van der Waals surface area contributed by atoms with Gasteiger partial charge < -0.3 is 15.4 Å². The van der Waals surface area contributed by atoms with Crippen molar-refractivity contribution in [3.63, 3.8) is 0 Å². The molecule has 0 aliphatic heterocycles. The zero-order chi connectivity index (χ0) is 18.4. The first kappa shape index (κ1) is 18.6. The van der Waals surface area contributed by atoms with Crippen molar-refractivity contribution in [3.05, 3.63) is 46.5 Å². The highest BCUT2D eigenvalue weighted by molar-refractivity contribution is 7.17. The molecule has 0 spiro atoms. The van der Waals surface area contributed by atoms with Gasteiger partial charge in [0.05, 0.1) is 18.3 Å². The molecular weight excluding hydrogens is 342 g/mol. The van der Waals surface area contributed by atoms with Gasteiger partial charge in [-0.1, -0.05) is 29.5 Å². The number of hydrogen-bond donors (Lipinski definition) is 2. The molecule has 0 unspecified atom stereocenters. The van der Waals surface area contributed by atoms with Crippen molar-refractivity contribution in [2.75, 3.05) is 11.9 Å². The molecule has 2 N–H and O–H groups in total. The van der Waals surface area contributed by atoms with Crippen LogP contribution in [-0.2, 0) is 9.53 Å². The molecule has 0 saturated carbocycles. The lowest BCUT2D eigenvalue weighted by molar-refractivity contribution is -0.115. The molecule has 0 aliphatic rings. The molecule has 1 aromatic carbocycles. The van der Waals surface area contributed by atoms with Crippen LogP contribution in [0.25, 0.3) is 0 Å². The van der Waals surface area contributed by atoms with E-state index < -0.39 is 11.9 Å². The lowest BCUT2D eigenvalue weighted by Gasteiger charge is -2.06. The van der Waals surface area contributed by atoms with E-state index in [1.165, 1.54) is 0 Å². The molecule has 0 fully saturated rings. The van der Waals surface area contributed by atoms with Crippen molar-refractivity contribution in [1.29, 1.82) is 0 Å². The second-order valence-corrected chi connectivity index (χ2v) is 6.48. The van der Waals surface area contributed by atoms with Crippen LogP contribution in [0, 0.1) is 6.92 Å². The maximum Gasteiger partial charge on any atom is 0.350 e. The molecule has 2 amide bonds. The Hall–Kier alpha value is -2.74. The normalized spacial score (nSPS) is 10.4. The van der Waals surface area contributed by atoms with Crippen LogP contribution >= 0.6 is 11.3 Å². The number of hydrogen-bond acceptors (Lipinski definition) is 6. The van der Waals surface area contributed by atoms with Crippen molar-refractivity contribution < 1.29 is 19.1 Å². The summed E-state index contributed by atoms with van der Waals surface area (Å²) >= 11 is 1.04. The number of amides is 2. The number of carbonyl (C=O) groups excluding carboxylic acids is 3. The minimum absolute atomic E-state index is 0.196. The third-order valence-corrected chi connectivity index (χ3v) is 4.07. The van der Waals surface area contributed by atoms with E-state index in [9.17, 15) is 14.4 Å². The van der Waals surface area contributed by atoms with Gasteiger partial charge in [-0.2, -0.15) is 0 Å². The summed E-state index contributed by atoms with van der Waals surface area (Å²) in [5.41, 5.74) is 0.957. The van der Waals surface area contributed by atoms with Crippen LogP contribution in [-0.4, -0.2) is 35.4 Å². The van der Waals surface area contributed by atoms with Gasteiger partial charge in [0.15, 0.2) is 5.13 Å². The van der Waals surface area contributed by atoms with Crippen LogP contribution in [0.2, 0.25) is 0 Å². The van der Waals surface area contributed by atoms with Crippen LogP contribution in [0.1, 0.15) is 39.6 Å². The molecule has 0 aliphatic carbocycles. The second kappa shape index (κ2) is 8.39. The molecule has 1 heterocycles. The average Bonchev–Trinajstić information content (AvgIpc) is 2.93. The van der Waals surface area contributed by atoms with Gasteiger partial charge in [0.2, 0.25) is 5.91 Å². The van der Waals surface area contributed by atoms with Crippen molar-refractivity contribution in [2.45, 2.75) is 26.9 Å². The summed E-state index contributed by atoms with van der Waals surface area (Å²) in [4.78, 5) is 40.2. The van der Waals surface area contributed by atoms with E-state index in [2.05, 4.69) is 15.6 Å². The van der Waals surface area contributed by atoms with E-state index in [-0.39, 0.29) is 23.7 Å². The summed E-state index contributed by atoms with van der Waals surface area (Å²) in [6, 6.07) is 8.60. The number of esters is 1. The van der Waals surface area contributed by atoms with Gasteiger partial charge in [-0.3, -0.25) is 9.59 Å². The van der Waals surface area contributed by atoms with Crippen LogP contribution < -0.4 is 10.6 Å². The average molecular weight is 361 g/mol. The van der Waals surface area contributed by atoms with Gasteiger partial charge in [-0.15, -0.1) is 0 Å². The highest BCUT2D eigenvalue weighted by atomic mass is 32.1. The van der Waals surface area contributed by atoms with Gasteiger partial charge in [0.25, 0.3) is 5.91 Å². The quantitative estimate of drug-likeness (QED) is 0.770. The maximum atomic E-state index is 11.9. The number of rotatable bonds is 6. The molecule has 2 rings (SSSR count). The maximum absolute atomic E-state index is 11.9. The molecular formula is C17H19N3O4S. The summed E-state index contributed by atoms with van der Waals surface area (Å²) < 4.78 is 5.13. The lowest BCUT2D eigenvalue weighted by atomic mass is 10.2. The van der Waals surface area contributed by atoms with Gasteiger partial charge >= 0.3 is 5.97 Å². The number of benzene rings is 1. The minimum Gasteiger partial charge on any atom is -0.459 e. The fourth-order valence-electron chi connectivity index (χ4n) is 1.92. The Balaban J connectivity index is 1.90. The first-order chi connectivity index (χ1) is 11.9. The number of aryl methyl sites for hydroxylation is 1. The molecule has 2 aromatic rings. The summed E-state index contributed by atoms with van der Waals surface area (Å²) in [5.74, 6) is -1.24. The Bertz CT molecular complexity index is 771. The predicted molar refractivity (Wildman–Crippen MR) is 94.8 cm³/mol. The third kappa shape index (κ3) is 5.39. The Morgan fingerprint density at radius 2 is 1.88 bits per heavy atom. The largest absolute Gasteiger partial charge is 0.459 e. The Morgan fingerprint density at radius 1 is 1.20 bits per heavy atom. The molecule has 0 saturated heterocycles. The molecule has 132 valence electrons. The second-order valence-electron chi connectivity index (χ2n) is 5.48. The first-order valence-corrected chi connectivity index (χ1v) is 8.50. The van der Waals surface area contributed by atoms with Crippen molar-refractivity contribution in [2.24, 2.45) is 0 Å². The van der Waals surface area contributed by atoms with Crippen LogP contribution in [0.3, 0.4) is 0 Å². The van der Waals surface area contributed by atoms with Gasteiger partial charge in [0.1, 0.15) is 4.88 Å². The number of ether oxygens (including phenoxy) is 1. The summed E-state index contributed by atoms with van der Waals surface area (Å²) in [6.45, 7) is 4.98. The summed E-state index contributed by atoms with van der Waals surface area (Å²) in [7, 11) is 0. The minimum atomic E-state index is -0.470. The monoisotopic (exact) mass is 361 g/mol. The fourth-order valence-corrected chi connectivity index (χ4v) is 2.79. The van der Waals surface area contributed by atoms with E-state index in [0.29, 0.717) is 16.1 Å². The number of thiazole rings is 1. The highest BCUT2D eigenvalue weighted by Crippen LogP contribution is 2.23. The van der Waals surface area contributed by atoms with Crippen LogP contribution in [0.5, 0.6) is 0 Å². The highest BCUT2D eigenvalue weighted by Gasteiger charge is 2.19. The summed E-state index contributed by atoms with van der Waals surface area (Å²) in [5, 5.41) is 5.37. The van der Waals surface area contributed by atoms with Crippen molar-refractivity contribution >= 4 is 34.3 Å². The van der Waals surface area contributed by atoms with E-state index in [4.69, 9.17) is 4.74 Å². The number of carbonyl (C=O) groups is 3. The number of nitrogens with one attached hydrogen (secondary N) is 2. The molecule has 7 nitrogen and oxygen atoms in total. The van der Waals surface area contributed by atoms with Gasteiger partial charge in [-0.25, -0.2) is 9.78 Å². The number of nitrogens with zero attached hydrogens (tertiary/aromatic N) is 1. The van der Waals surface area contributed by atoms with Gasteiger partial charge in [0, 0.05) is 5.56 Å². The predicted octanol–water partition coefficient (Wildman–Crippen LogP) is 2.39. The number of aromatic nitrogens is 1. The Kier molecular flexibility index (Phi) is 6.24. The van der Waals surface area contributed by atoms with Crippen LogP contribution in [0.15, 0.2) is 30.3 Å². The zero-order valence-electron chi connectivity index (χ0n) is 14.2. The summed E-state index contributed by atoms with van der Waals surface area (Å²) in [6.07, 6.45) is -0.236. The van der Waals surface area contributed by atoms with E-state index in [1.807, 2.05) is 0 Å². The standard InChI is InChI=1S/C17H19N3O4S/c1-10(2)24-16(23)14-11(3)19-17(25-14)20-13(21)9-18-15(22)12-7-5-4-6-8-12/h4-8,10H,9H2,1-3H3,(H,18,22)(H,19,20,21). The first-order valence-electron chi connectivity index (χ1n) is 7.68. The molecule has 25 heavy (non-hydrogen) atoms. The van der Waals surface area contributed by atoms with Crippen molar-refractivity contribution in [1.82, 2.24) is 10.3 Å². The smallest absolute Gasteiger partial charge is 0.350 e. The van der Waals surface area contributed by atoms with E-state index in [1.54, 1.807) is 51.1 Å². The Morgan fingerprint density at radius 3 is 2.52 bits per heavy atom.